The van der Waals surface area contributed by atoms with E-state index in [-0.39, 0.29) is 0 Å². The third-order valence-corrected chi connectivity index (χ3v) is 2.92. The van der Waals surface area contributed by atoms with Crippen molar-refractivity contribution in [1.82, 2.24) is 15.2 Å². The van der Waals surface area contributed by atoms with Gasteiger partial charge in [-0.2, -0.15) is 10.1 Å². The zero-order valence-corrected chi connectivity index (χ0v) is 12.3. The Morgan fingerprint density at radius 2 is 1.86 bits per heavy atom. The van der Waals surface area contributed by atoms with Crippen LogP contribution in [0.25, 0.3) is 0 Å². The zero-order valence-electron chi connectivity index (χ0n) is 11.5. The van der Waals surface area contributed by atoms with E-state index in [1.807, 2.05) is 54.6 Å². The molecule has 0 saturated carbocycles. The third kappa shape index (κ3) is 3.80. The van der Waals surface area contributed by atoms with Crippen LogP contribution >= 0.6 is 12.2 Å². The Morgan fingerprint density at radius 3 is 2.64 bits per heavy atom. The van der Waals surface area contributed by atoms with Gasteiger partial charge in [0.1, 0.15) is 11.5 Å². The Hall–Kier alpha value is -2.93. The molecule has 0 aliphatic carbocycles. The molecule has 1 heterocycles. The highest BCUT2D eigenvalue weighted by Crippen LogP contribution is 2.21. The SMILES string of the molecule is S=c1nc(N/N=C/c2cccc(Oc3ccccc3)c2)[nH][nH]1. The number of hydrogen-bond acceptors (Lipinski definition) is 5. The number of nitrogens with zero attached hydrogens (tertiary/aromatic N) is 2. The summed E-state index contributed by atoms with van der Waals surface area (Å²) >= 11 is 4.85. The Bertz CT molecular complexity index is 825. The number of para-hydroxylation sites is 1. The summed E-state index contributed by atoms with van der Waals surface area (Å²) in [5, 5.41) is 9.50. The minimum atomic E-state index is 0.371. The van der Waals surface area contributed by atoms with E-state index >= 15 is 0 Å². The fourth-order valence-electron chi connectivity index (χ4n) is 1.77. The van der Waals surface area contributed by atoms with Gasteiger partial charge >= 0.3 is 0 Å². The minimum absolute atomic E-state index is 0.371. The second kappa shape index (κ2) is 6.68. The normalized spacial score (nSPS) is 10.7. The number of ether oxygens (including phenoxy) is 1. The smallest absolute Gasteiger partial charge is 0.238 e. The number of aromatic nitrogens is 3. The van der Waals surface area contributed by atoms with Crippen LogP contribution in [0.4, 0.5) is 5.95 Å². The molecule has 0 spiro atoms. The summed E-state index contributed by atoms with van der Waals surface area (Å²) in [6.07, 6.45) is 1.67. The molecule has 110 valence electrons. The Morgan fingerprint density at radius 1 is 1.05 bits per heavy atom. The van der Waals surface area contributed by atoms with Gasteiger partial charge in [0.05, 0.1) is 6.21 Å². The van der Waals surface area contributed by atoms with Crippen LogP contribution in [0, 0.1) is 4.77 Å². The Labute approximate surface area is 131 Å². The molecule has 3 aromatic rings. The number of hydrogen-bond donors (Lipinski definition) is 3. The maximum atomic E-state index is 5.77. The van der Waals surface area contributed by atoms with E-state index in [2.05, 4.69) is 25.7 Å². The summed E-state index contributed by atoms with van der Waals surface area (Å²) in [6, 6.07) is 17.2. The molecule has 0 aliphatic rings. The molecule has 7 heteroatoms. The van der Waals surface area contributed by atoms with Crippen LogP contribution in [0.2, 0.25) is 0 Å². The quantitative estimate of drug-likeness (QED) is 0.381. The molecule has 0 radical (unpaired) electrons. The van der Waals surface area contributed by atoms with Gasteiger partial charge in [-0.15, -0.1) is 0 Å². The van der Waals surface area contributed by atoms with Gasteiger partial charge in [-0.1, -0.05) is 30.3 Å². The van der Waals surface area contributed by atoms with E-state index in [0.29, 0.717) is 10.7 Å². The third-order valence-electron chi connectivity index (χ3n) is 2.72. The maximum Gasteiger partial charge on any atom is 0.238 e. The van der Waals surface area contributed by atoms with Crippen molar-refractivity contribution < 1.29 is 4.74 Å². The molecule has 0 bridgehead atoms. The van der Waals surface area contributed by atoms with E-state index in [0.717, 1.165) is 17.1 Å². The lowest BCUT2D eigenvalue weighted by atomic mass is 10.2. The van der Waals surface area contributed by atoms with Gasteiger partial charge in [0.25, 0.3) is 0 Å². The molecular weight excluding hydrogens is 298 g/mol. The summed E-state index contributed by atoms with van der Waals surface area (Å²) in [5.41, 5.74) is 3.65. The fourth-order valence-corrected chi connectivity index (χ4v) is 1.92. The van der Waals surface area contributed by atoms with E-state index in [1.165, 1.54) is 0 Å². The molecule has 3 N–H and O–H groups in total. The summed E-state index contributed by atoms with van der Waals surface area (Å²) in [5.74, 6) is 1.99. The molecule has 0 atom stereocenters. The second-order valence-corrected chi connectivity index (χ2v) is 4.76. The van der Waals surface area contributed by atoms with E-state index < -0.39 is 0 Å². The second-order valence-electron chi connectivity index (χ2n) is 4.37. The van der Waals surface area contributed by atoms with Crippen molar-refractivity contribution in [2.45, 2.75) is 0 Å². The highest BCUT2D eigenvalue weighted by Gasteiger charge is 1.97. The van der Waals surface area contributed by atoms with Crippen LogP contribution in [0.5, 0.6) is 11.5 Å². The van der Waals surface area contributed by atoms with Crippen LogP contribution in [-0.2, 0) is 0 Å². The van der Waals surface area contributed by atoms with Crippen molar-refractivity contribution in [3.63, 3.8) is 0 Å². The number of benzene rings is 2. The van der Waals surface area contributed by atoms with Crippen LogP contribution in [0.1, 0.15) is 5.56 Å². The first kappa shape index (κ1) is 14.0. The van der Waals surface area contributed by atoms with Crippen molar-refractivity contribution >= 4 is 24.4 Å². The molecule has 6 nitrogen and oxygen atoms in total. The highest BCUT2D eigenvalue weighted by atomic mass is 32.1. The van der Waals surface area contributed by atoms with E-state index in [1.54, 1.807) is 6.21 Å². The van der Waals surface area contributed by atoms with Crippen molar-refractivity contribution in [2.24, 2.45) is 5.10 Å². The van der Waals surface area contributed by atoms with Crippen molar-refractivity contribution in [2.75, 3.05) is 5.43 Å². The molecule has 2 aromatic carbocycles. The van der Waals surface area contributed by atoms with Crippen molar-refractivity contribution in [1.29, 1.82) is 0 Å². The largest absolute Gasteiger partial charge is 0.457 e. The lowest BCUT2D eigenvalue weighted by molar-refractivity contribution is 0.482. The summed E-state index contributed by atoms with van der Waals surface area (Å²) < 4.78 is 6.14. The van der Waals surface area contributed by atoms with Gasteiger partial charge in [0, 0.05) is 0 Å². The molecular formula is C15H13N5OS. The van der Waals surface area contributed by atoms with Gasteiger partial charge in [-0.25, -0.2) is 5.43 Å². The lowest BCUT2D eigenvalue weighted by Crippen LogP contribution is -1.93. The fraction of sp³-hybridized carbons (Fsp3) is 0. The maximum absolute atomic E-state index is 5.77. The lowest BCUT2D eigenvalue weighted by Gasteiger charge is -2.05. The summed E-state index contributed by atoms with van der Waals surface area (Å²) in [6.45, 7) is 0. The molecule has 0 aliphatic heterocycles. The predicted octanol–water partition coefficient (Wildman–Crippen LogP) is 3.71. The van der Waals surface area contributed by atoms with Gasteiger partial charge in [-0.05, 0) is 42.0 Å². The molecule has 0 fully saturated rings. The van der Waals surface area contributed by atoms with E-state index in [4.69, 9.17) is 17.0 Å². The number of rotatable bonds is 5. The number of H-pyrrole nitrogens is 2. The molecule has 22 heavy (non-hydrogen) atoms. The number of hydrazone groups is 1. The summed E-state index contributed by atoms with van der Waals surface area (Å²) in [4.78, 5) is 3.97. The minimum Gasteiger partial charge on any atom is -0.457 e. The van der Waals surface area contributed by atoms with Gasteiger partial charge in [0.15, 0.2) is 0 Å². The van der Waals surface area contributed by atoms with E-state index in [9.17, 15) is 0 Å². The Balaban J connectivity index is 1.67. The topological polar surface area (TPSA) is 78.1 Å². The molecule has 1 aromatic heterocycles. The number of aromatic amines is 2. The van der Waals surface area contributed by atoms with Gasteiger partial charge in [-0.3, -0.25) is 10.2 Å². The van der Waals surface area contributed by atoms with Crippen LogP contribution < -0.4 is 10.2 Å². The van der Waals surface area contributed by atoms with Crippen LogP contribution in [0.15, 0.2) is 59.7 Å². The standard InChI is InChI=1S/C15H13N5OS/c22-15-17-14(19-20-15)18-16-10-11-5-4-8-13(9-11)21-12-6-2-1-3-7-12/h1-10H,(H3,17,18,19,20,22)/b16-10+. The summed E-state index contributed by atoms with van der Waals surface area (Å²) in [7, 11) is 0. The van der Waals surface area contributed by atoms with Gasteiger partial charge in [0.2, 0.25) is 10.7 Å². The van der Waals surface area contributed by atoms with Crippen molar-refractivity contribution in [3.05, 3.63) is 64.9 Å². The average Bonchev–Trinajstić information content (AvgIpc) is 2.94. The average molecular weight is 311 g/mol. The monoisotopic (exact) mass is 311 g/mol. The first-order chi connectivity index (χ1) is 10.8. The molecule has 3 rings (SSSR count). The van der Waals surface area contributed by atoms with Crippen molar-refractivity contribution in [3.8, 4) is 11.5 Å². The first-order valence-electron chi connectivity index (χ1n) is 6.56. The molecule has 0 amide bonds. The van der Waals surface area contributed by atoms with Gasteiger partial charge < -0.3 is 4.74 Å². The Kier molecular flexibility index (Phi) is 4.26. The number of nitrogens with one attached hydrogen (secondary N) is 3. The van der Waals surface area contributed by atoms with Crippen LogP contribution in [-0.4, -0.2) is 21.4 Å². The number of anilines is 1. The highest BCUT2D eigenvalue weighted by molar-refractivity contribution is 7.71. The molecule has 0 unspecified atom stereocenters. The first-order valence-corrected chi connectivity index (χ1v) is 6.97. The van der Waals surface area contributed by atoms with Crippen LogP contribution in [0.3, 0.4) is 0 Å². The predicted molar refractivity (Wildman–Crippen MR) is 87.9 cm³/mol. The zero-order chi connectivity index (χ0) is 15.2. The molecule has 0 saturated heterocycles.